The number of carbonyl (C=O) groups excluding carboxylic acids is 1. The van der Waals surface area contributed by atoms with E-state index in [-0.39, 0.29) is 5.78 Å². The van der Waals surface area contributed by atoms with Gasteiger partial charge in [0.25, 0.3) is 0 Å². The van der Waals surface area contributed by atoms with Crippen LogP contribution in [0.3, 0.4) is 0 Å². The molecule has 0 saturated heterocycles. The lowest BCUT2D eigenvalue weighted by Gasteiger charge is -2.08. The van der Waals surface area contributed by atoms with Crippen molar-refractivity contribution in [1.29, 1.82) is 5.26 Å². The number of hydrogen-bond donors (Lipinski definition) is 0. The summed E-state index contributed by atoms with van der Waals surface area (Å²) in [5, 5.41) is 8.89. The van der Waals surface area contributed by atoms with Crippen molar-refractivity contribution in [1.82, 2.24) is 4.57 Å². The molecule has 0 atom stereocenters. The maximum Gasteiger partial charge on any atom is 0.176 e. The molecule has 0 spiro atoms. The zero-order valence-corrected chi connectivity index (χ0v) is 9.50. The van der Waals surface area contributed by atoms with Gasteiger partial charge in [-0.15, -0.1) is 0 Å². The molecule has 80 valence electrons. The van der Waals surface area contributed by atoms with E-state index in [1.165, 1.54) is 0 Å². The van der Waals surface area contributed by atoms with Crippen molar-refractivity contribution in [3.05, 3.63) is 23.0 Å². The van der Waals surface area contributed by atoms with Crippen LogP contribution in [-0.2, 0) is 6.54 Å². The van der Waals surface area contributed by atoms with Crippen molar-refractivity contribution < 1.29 is 4.79 Å². The highest BCUT2D eigenvalue weighted by molar-refractivity contribution is 5.93. The molecule has 0 fully saturated rings. The van der Waals surface area contributed by atoms with Gasteiger partial charge in [0.05, 0.1) is 11.3 Å². The first kappa shape index (κ1) is 11.5. The van der Waals surface area contributed by atoms with E-state index in [1.54, 1.807) is 13.0 Å². The molecule has 0 amide bonds. The fourth-order valence-corrected chi connectivity index (χ4v) is 1.65. The topological polar surface area (TPSA) is 45.8 Å². The molecular weight excluding hydrogens is 188 g/mol. The van der Waals surface area contributed by atoms with Crippen molar-refractivity contribution in [2.75, 3.05) is 0 Å². The predicted octanol–water partition coefficient (Wildman–Crippen LogP) is 2.67. The summed E-state index contributed by atoms with van der Waals surface area (Å²) in [6.07, 6.45) is 2.11. The number of aromatic nitrogens is 1. The fourth-order valence-electron chi connectivity index (χ4n) is 1.65. The van der Waals surface area contributed by atoms with Crippen LogP contribution in [0.2, 0.25) is 0 Å². The number of Topliss-reactive ketones (excluding diaryl/α,β-unsaturated/α-hetero) is 1. The Hall–Kier alpha value is -1.56. The third-order valence-corrected chi connectivity index (χ3v) is 2.58. The molecule has 0 aliphatic rings. The molecule has 15 heavy (non-hydrogen) atoms. The van der Waals surface area contributed by atoms with Crippen molar-refractivity contribution >= 4 is 5.78 Å². The highest BCUT2D eigenvalue weighted by atomic mass is 16.1. The van der Waals surface area contributed by atoms with Gasteiger partial charge >= 0.3 is 0 Å². The smallest absolute Gasteiger partial charge is 0.176 e. The third-order valence-electron chi connectivity index (χ3n) is 2.58. The van der Waals surface area contributed by atoms with Crippen LogP contribution >= 0.6 is 0 Å². The number of ketones is 1. The Bertz CT molecular complexity index is 410. The van der Waals surface area contributed by atoms with E-state index < -0.39 is 0 Å². The molecule has 0 aliphatic carbocycles. The van der Waals surface area contributed by atoms with Gasteiger partial charge in [0.15, 0.2) is 5.78 Å². The summed E-state index contributed by atoms with van der Waals surface area (Å²) >= 11 is 0. The molecule has 0 bridgehead atoms. The molecule has 0 aliphatic heterocycles. The number of rotatable bonds is 4. The molecule has 1 aromatic rings. The molecule has 1 heterocycles. The Balaban J connectivity index is 3.15. The number of nitriles is 1. The second-order valence-corrected chi connectivity index (χ2v) is 3.70. The highest BCUT2D eigenvalue weighted by Gasteiger charge is 2.13. The molecule has 0 unspecified atom stereocenters. The molecule has 1 aromatic heterocycles. The summed E-state index contributed by atoms with van der Waals surface area (Å²) in [5.41, 5.74) is 2.16. The van der Waals surface area contributed by atoms with Crippen LogP contribution in [-0.4, -0.2) is 10.4 Å². The van der Waals surface area contributed by atoms with E-state index in [9.17, 15) is 4.79 Å². The normalized spacial score (nSPS) is 10.0. The summed E-state index contributed by atoms with van der Waals surface area (Å²) in [5.74, 6) is 0.0238. The molecule has 0 saturated carbocycles. The lowest BCUT2D eigenvalue weighted by molar-refractivity contribution is 0.100. The van der Waals surface area contributed by atoms with Gasteiger partial charge in [-0.2, -0.15) is 5.26 Å². The quantitative estimate of drug-likeness (QED) is 0.708. The first-order chi connectivity index (χ1) is 7.11. The van der Waals surface area contributed by atoms with Gasteiger partial charge in [-0.1, -0.05) is 13.3 Å². The van der Waals surface area contributed by atoms with E-state index in [0.717, 1.165) is 25.1 Å². The van der Waals surface area contributed by atoms with Gasteiger partial charge in [0, 0.05) is 19.2 Å². The SMILES string of the molecule is CCCCn1c(C(C)=O)cc(C#N)c1C. The fraction of sp³-hybridized carbons (Fsp3) is 0.500. The van der Waals surface area contributed by atoms with Gasteiger partial charge < -0.3 is 4.57 Å². The molecule has 0 aromatic carbocycles. The Morgan fingerprint density at radius 2 is 2.27 bits per heavy atom. The summed E-state index contributed by atoms with van der Waals surface area (Å²) in [6.45, 7) is 6.36. The maximum atomic E-state index is 11.4. The summed E-state index contributed by atoms with van der Waals surface area (Å²) in [6, 6.07) is 3.80. The highest BCUT2D eigenvalue weighted by Crippen LogP contribution is 2.16. The van der Waals surface area contributed by atoms with Gasteiger partial charge in [0.2, 0.25) is 0 Å². The van der Waals surface area contributed by atoms with E-state index >= 15 is 0 Å². The van der Waals surface area contributed by atoms with Crippen LogP contribution in [0.5, 0.6) is 0 Å². The van der Waals surface area contributed by atoms with E-state index in [4.69, 9.17) is 5.26 Å². The Morgan fingerprint density at radius 3 is 2.73 bits per heavy atom. The van der Waals surface area contributed by atoms with Crippen LogP contribution in [0.15, 0.2) is 6.07 Å². The summed E-state index contributed by atoms with van der Waals surface area (Å²) < 4.78 is 1.95. The minimum absolute atomic E-state index is 0.0238. The molecule has 1 rings (SSSR count). The monoisotopic (exact) mass is 204 g/mol. The minimum Gasteiger partial charge on any atom is -0.341 e. The van der Waals surface area contributed by atoms with Crippen LogP contribution < -0.4 is 0 Å². The number of unbranched alkanes of at least 4 members (excludes halogenated alkanes) is 1. The Labute approximate surface area is 90.3 Å². The number of nitrogens with zero attached hydrogens (tertiary/aromatic N) is 2. The molecule has 3 heteroatoms. The average molecular weight is 204 g/mol. The van der Waals surface area contributed by atoms with Gasteiger partial charge in [-0.05, 0) is 19.4 Å². The van der Waals surface area contributed by atoms with E-state index in [2.05, 4.69) is 13.0 Å². The van der Waals surface area contributed by atoms with Gasteiger partial charge in [0.1, 0.15) is 6.07 Å². The van der Waals surface area contributed by atoms with Crippen molar-refractivity contribution in [3.8, 4) is 6.07 Å². The Morgan fingerprint density at radius 1 is 1.60 bits per heavy atom. The molecule has 0 radical (unpaired) electrons. The van der Waals surface area contributed by atoms with Gasteiger partial charge in [-0.3, -0.25) is 4.79 Å². The van der Waals surface area contributed by atoms with Crippen molar-refractivity contribution in [2.45, 2.75) is 40.2 Å². The first-order valence-corrected chi connectivity index (χ1v) is 5.23. The molecule has 3 nitrogen and oxygen atoms in total. The first-order valence-electron chi connectivity index (χ1n) is 5.23. The lowest BCUT2D eigenvalue weighted by Crippen LogP contribution is -2.08. The maximum absolute atomic E-state index is 11.4. The number of carbonyl (C=O) groups is 1. The third kappa shape index (κ3) is 2.27. The molecule has 0 N–H and O–H groups in total. The average Bonchev–Trinajstić information content (AvgIpc) is 2.52. The Kier molecular flexibility index (Phi) is 3.68. The van der Waals surface area contributed by atoms with Crippen LogP contribution in [0.1, 0.15) is 48.4 Å². The second-order valence-electron chi connectivity index (χ2n) is 3.70. The predicted molar refractivity (Wildman–Crippen MR) is 58.8 cm³/mol. The second kappa shape index (κ2) is 4.79. The number of hydrogen-bond acceptors (Lipinski definition) is 2. The van der Waals surface area contributed by atoms with Crippen LogP contribution in [0.25, 0.3) is 0 Å². The zero-order valence-electron chi connectivity index (χ0n) is 9.50. The lowest BCUT2D eigenvalue weighted by atomic mass is 10.2. The largest absolute Gasteiger partial charge is 0.341 e. The summed E-state index contributed by atoms with van der Waals surface area (Å²) in [7, 11) is 0. The zero-order chi connectivity index (χ0) is 11.4. The van der Waals surface area contributed by atoms with Gasteiger partial charge in [-0.25, -0.2) is 0 Å². The summed E-state index contributed by atoms with van der Waals surface area (Å²) in [4.78, 5) is 11.4. The van der Waals surface area contributed by atoms with Crippen molar-refractivity contribution in [3.63, 3.8) is 0 Å². The minimum atomic E-state index is 0.0238. The van der Waals surface area contributed by atoms with E-state index in [1.807, 2.05) is 11.5 Å². The van der Waals surface area contributed by atoms with Crippen LogP contribution in [0, 0.1) is 18.3 Å². The van der Waals surface area contributed by atoms with Crippen LogP contribution in [0.4, 0.5) is 0 Å². The standard InChI is InChI=1S/C12H16N2O/c1-4-5-6-14-9(2)11(8-13)7-12(14)10(3)15/h7H,4-6H2,1-3H3. The van der Waals surface area contributed by atoms with Crippen molar-refractivity contribution in [2.24, 2.45) is 0 Å². The molecular formula is C12H16N2O. The van der Waals surface area contributed by atoms with E-state index in [0.29, 0.717) is 11.3 Å².